The van der Waals surface area contributed by atoms with Gasteiger partial charge in [0.05, 0.1) is 12.1 Å². The number of nitrogens with one attached hydrogen (secondary N) is 2. The van der Waals surface area contributed by atoms with E-state index in [9.17, 15) is 4.57 Å². The molecule has 0 aliphatic heterocycles. The number of allylic oxidation sites excluding steroid dienone is 4. The SMILES string of the molecule is CC(C)(C)P(=O)(NC1C=CC=C1)NC1C=CC=C1. The second-order valence-corrected chi connectivity index (χ2v) is 8.71. The summed E-state index contributed by atoms with van der Waals surface area (Å²) >= 11 is 0. The average Bonchev–Trinajstić information content (AvgIpc) is 2.88. The maximum absolute atomic E-state index is 13.2. The first-order chi connectivity index (χ1) is 8.41. The molecule has 3 nitrogen and oxygen atoms in total. The van der Waals surface area contributed by atoms with Crippen molar-refractivity contribution < 1.29 is 4.57 Å². The summed E-state index contributed by atoms with van der Waals surface area (Å²) in [6.07, 6.45) is 15.9. The van der Waals surface area contributed by atoms with Gasteiger partial charge in [-0.3, -0.25) is 4.57 Å². The highest BCUT2D eigenvalue weighted by atomic mass is 31.2. The molecule has 4 heteroatoms. The highest BCUT2D eigenvalue weighted by Gasteiger charge is 2.38. The van der Waals surface area contributed by atoms with Crippen molar-refractivity contribution in [1.82, 2.24) is 10.2 Å². The van der Waals surface area contributed by atoms with E-state index in [1.54, 1.807) is 0 Å². The van der Waals surface area contributed by atoms with Crippen LogP contribution in [0.25, 0.3) is 0 Å². The van der Waals surface area contributed by atoms with Gasteiger partial charge in [0.15, 0.2) is 0 Å². The molecule has 2 aliphatic rings. The van der Waals surface area contributed by atoms with Crippen LogP contribution in [0.15, 0.2) is 48.6 Å². The van der Waals surface area contributed by atoms with Gasteiger partial charge in [-0.15, -0.1) is 0 Å². The Morgan fingerprint density at radius 2 is 1.17 bits per heavy atom. The van der Waals surface area contributed by atoms with Gasteiger partial charge in [-0.1, -0.05) is 69.4 Å². The standard InChI is InChI=1S/C14H21N2OP/c1-14(2,3)18(17,15-12-8-4-5-9-12)16-13-10-6-7-11-13/h4-13H,1-3H3,(H2,15,16,17). The summed E-state index contributed by atoms with van der Waals surface area (Å²) < 4.78 is 13.2. The highest BCUT2D eigenvalue weighted by molar-refractivity contribution is 7.61. The second-order valence-electron chi connectivity index (χ2n) is 5.63. The van der Waals surface area contributed by atoms with Gasteiger partial charge in [-0.05, 0) is 0 Å². The maximum atomic E-state index is 13.2. The lowest BCUT2D eigenvalue weighted by atomic mass is 10.3. The fourth-order valence-corrected chi connectivity index (χ4v) is 3.91. The van der Waals surface area contributed by atoms with Gasteiger partial charge in [-0.25, -0.2) is 10.2 Å². The van der Waals surface area contributed by atoms with Crippen molar-refractivity contribution in [3.05, 3.63) is 48.6 Å². The van der Waals surface area contributed by atoms with E-state index in [4.69, 9.17) is 0 Å². The molecular weight excluding hydrogens is 243 g/mol. The van der Waals surface area contributed by atoms with Crippen LogP contribution in [0.3, 0.4) is 0 Å². The van der Waals surface area contributed by atoms with Gasteiger partial charge in [0.25, 0.3) is 0 Å². The Bertz CT molecular complexity index is 411. The predicted octanol–water partition coefficient (Wildman–Crippen LogP) is 3.15. The largest absolute Gasteiger partial charge is 0.289 e. The van der Waals surface area contributed by atoms with E-state index < -0.39 is 7.44 Å². The molecule has 0 atom stereocenters. The van der Waals surface area contributed by atoms with Crippen LogP contribution in [-0.4, -0.2) is 17.2 Å². The molecule has 2 N–H and O–H groups in total. The van der Waals surface area contributed by atoms with E-state index in [1.165, 1.54) is 0 Å². The van der Waals surface area contributed by atoms with E-state index in [0.717, 1.165) is 0 Å². The van der Waals surface area contributed by atoms with Crippen LogP contribution < -0.4 is 10.2 Å². The molecule has 0 heterocycles. The molecule has 18 heavy (non-hydrogen) atoms. The van der Waals surface area contributed by atoms with Crippen LogP contribution in [0.1, 0.15) is 20.8 Å². The maximum Gasteiger partial charge on any atom is 0.217 e. The monoisotopic (exact) mass is 264 g/mol. The van der Waals surface area contributed by atoms with Gasteiger partial charge in [0, 0.05) is 5.16 Å². The summed E-state index contributed by atoms with van der Waals surface area (Å²) in [4.78, 5) is 0. The topological polar surface area (TPSA) is 41.1 Å². The Balaban J connectivity index is 2.14. The molecule has 2 aliphatic carbocycles. The molecule has 0 amide bonds. The minimum absolute atomic E-state index is 0.0527. The zero-order valence-corrected chi connectivity index (χ0v) is 12.0. The number of rotatable bonds is 4. The Hall–Kier alpha value is -0.890. The molecule has 2 rings (SSSR count). The minimum atomic E-state index is -2.71. The first-order valence-electron chi connectivity index (χ1n) is 6.26. The van der Waals surface area contributed by atoms with Crippen LogP contribution in [0.4, 0.5) is 0 Å². The van der Waals surface area contributed by atoms with Gasteiger partial charge in [0.1, 0.15) is 0 Å². The molecule has 98 valence electrons. The van der Waals surface area contributed by atoms with E-state index in [1.807, 2.05) is 69.4 Å². The molecule has 0 saturated carbocycles. The molecule has 0 aromatic heterocycles. The summed E-state index contributed by atoms with van der Waals surface area (Å²) in [5.74, 6) is 0. The summed E-state index contributed by atoms with van der Waals surface area (Å²) in [5.41, 5.74) is 0. The molecule has 0 saturated heterocycles. The van der Waals surface area contributed by atoms with Crippen LogP contribution in [0.2, 0.25) is 0 Å². The van der Waals surface area contributed by atoms with Crippen molar-refractivity contribution in [3.63, 3.8) is 0 Å². The Kier molecular flexibility index (Phi) is 3.76. The Labute approximate surface area is 109 Å². The molecule has 0 radical (unpaired) electrons. The van der Waals surface area contributed by atoms with Crippen molar-refractivity contribution in [2.45, 2.75) is 38.0 Å². The van der Waals surface area contributed by atoms with Crippen LogP contribution in [-0.2, 0) is 4.57 Å². The van der Waals surface area contributed by atoms with Crippen LogP contribution >= 0.6 is 7.44 Å². The van der Waals surface area contributed by atoms with Gasteiger partial charge in [0.2, 0.25) is 7.44 Å². The lowest BCUT2D eigenvalue weighted by Gasteiger charge is -2.35. The molecule has 0 fully saturated rings. The molecule has 0 spiro atoms. The quantitative estimate of drug-likeness (QED) is 0.766. The first-order valence-corrected chi connectivity index (χ1v) is 7.97. The van der Waals surface area contributed by atoms with Gasteiger partial charge in [-0.2, -0.15) is 0 Å². The minimum Gasteiger partial charge on any atom is -0.289 e. The van der Waals surface area contributed by atoms with Crippen LogP contribution in [0, 0.1) is 0 Å². The van der Waals surface area contributed by atoms with Crippen molar-refractivity contribution in [2.75, 3.05) is 0 Å². The summed E-state index contributed by atoms with van der Waals surface area (Å²) in [6, 6.07) is 0.105. The van der Waals surface area contributed by atoms with Crippen molar-refractivity contribution >= 4 is 7.44 Å². The predicted molar refractivity (Wildman–Crippen MR) is 77.8 cm³/mol. The third kappa shape index (κ3) is 2.92. The third-order valence-corrected chi connectivity index (χ3v) is 6.32. The second kappa shape index (κ2) is 5.00. The van der Waals surface area contributed by atoms with Gasteiger partial charge >= 0.3 is 0 Å². The van der Waals surface area contributed by atoms with Crippen molar-refractivity contribution in [1.29, 1.82) is 0 Å². The fourth-order valence-electron chi connectivity index (χ4n) is 1.88. The number of hydrogen-bond acceptors (Lipinski definition) is 1. The smallest absolute Gasteiger partial charge is 0.217 e. The summed E-state index contributed by atoms with van der Waals surface area (Å²) in [7, 11) is -2.71. The summed E-state index contributed by atoms with van der Waals surface area (Å²) in [5, 5.41) is 6.19. The Morgan fingerprint density at radius 1 is 0.833 bits per heavy atom. The zero-order chi connectivity index (χ0) is 13.2. The van der Waals surface area contributed by atoms with E-state index in [0.29, 0.717) is 0 Å². The Morgan fingerprint density at radius 3 is 1.44 bits per heavy atom. The molecule has 0 unspecified atom stereocenters. The van der Waals surface area contributed by atoms with Crippen LogP contribution in [0.5, 0.6) is 0 Å². The number of hydrogen-bond donors (Lipinski definition) is 2. The average molecular weight is 264 g/mol. The third-order valence-electron chi connectivity index (χ3n) is 3.10. The molecular formula is C14H21N2OP. The lowest BCUT2D eigenvalue weighted by molar-refractivity contribution is 0.519. The molecule has 0 aromatic carbocycles. The van der Waals surface area contributed by atoms with Crippen molar-refractivity contribution in [2.24, 2.45) is 0 Å². The summed E-state index contributed by atoms with van der Waals surface area (Å²) in [6.45, 7) is 6.00. The zero-order valence-electron chi connectivity index (χ0n) is 11.1. The molecule has 0 aromatic rings. The van der Waals surface area contributed by atoms with E-state index in [2.05, 4.69) is 10.2 Å². The first kappa shape index (κ1) is 13.5. The van der Waals surface area contributed by atoms with Gasteiger partial charge < -0.3 is 0 Å². The lowest BCUT2D eigenvalue weighted by Crippen LogP contribution is -2.40. The van der Waals surface area contributed by atoms with E-state index in [-0.39, 0.29) is 17.2 Å². The van der Waals surface area contributed by atoms with Crippen molar-refractivity contribution in [3.8, 4) is 0 Å². The fraction of sp³-hybridized carbons (Fsp3) is 0.429. The van der Waals surface area contributed by atoms with E-state index >= 15 is 0 Å². The molecule has 0 bridgehead atoms. The highest BCUT2D eigenvalue weighted by Crippen LogP contribution is 2.51. The normalized spacial score (nSPS) is 20.4.